The maximum Gasteiger partial charge on any atom is 0.260 e. The minimum atomic E-state index is -4.12. The van der Waals surface area contributed by atoms with E-state index in [1.165, 1.54) is 7.11 Å². The first kappa shape index (κ1) is 14.5. The van der Waals surface area contributed by atoms with Crippen LogP contribution in [0, 0.1) is 0 Å². The Kier molecular flexibility index (Phi) is 3.80. The van der Waals surface area contributed by atoms with Gasteiger partial charge in [-0.3, -0.25) is 4.79 Å². The molecule has 0 aliphatic rings. The van der Waals surface area contributed by atoms with Crippen molar-refractivity contribution in [3.63, 3.8) is 0 Å². The summed E-state index contributed by atoms with van der Waals surface area (Å²) in [5, 5.41) is 5.49. The van der Waals surface area contributed by atoms with Gasteiger partial charge >= 0.3 is 0 Å². The molecule has 0 atom stereocenters. The SMILES string of the molecule is COc1sc(C(N)=O)c(S(N)(=O)=O)c1-c1ccccc1. The third kappa shape index (κ3) is 2.53. The van der Waals surface area contributed by atoms with Gasteiger partial charge in [0.1, 0.15) is 9.77 Å². The summed E-state index contributed by atoms with van der Waals surface area (Å²) in [6, 6.07) is 8.66. The zero-order valence-electron chi connectivity index (χ0n) is 10.5. The summed E-state index contributed by atoms with van der Waals surface area (Å²) in [6.45, 7) is 0. The average molecular weight is 312 g/mol. The lowest BCUT2D eigenvalue weighted by Gasteiger charge is -2.06. The highest BCUT2D eigenvalue weighted by Gasteiger charge is 2.30. The van der Waals surface area contributed by atoms with Crippen LogP contribution >= 0.6 is 11.3 Å². The van der Waals surface area contributed by atoms with E-state index in [9.17, 15) is 13.2 Å². The number of carbonyl (C=O) groups excluding carboxylic acids is 1. The Labute approximate surface area is 120 Å². The highest BCUT2D eigenvalue weighted by molar-refractivity contribution is 7.89. The predicted octanol–water partition coefficient (Wildman–Crippen LogP) is 1.17. The van der Waals surface area contributed by atoms with Gasteiger partial charge in [0.15, 0.2) is 5.06 Å². The second kappa shape index (κ2) is 5.23. The van der Waals surface area contributed by atoms with Gasteiger partial charge in [-0.25, -0.2) is 13.6 Å². The van der Waals surface area contributed by atoms with Crippen molar-refractivity contribution in [2.45, 2.75) is 4.90 Å². The van der Waals surface area contributed by atoms with E-state index in [1.54, 1.807) is 30.3 Å². The lowest BCUT2D eigenvalue weighted by molar-refractivity contribution is 0.100. The molecule has 1 amide bonds. The Hall–Kier alpha value is -1.90. The number of benzene rings is 1. The van der Waals surface area contributed by atoms with Crippen LogP contribution in [0.25, 0.3) is 11.1 Å². The van der Waals surface area contributed by atoms with Crippen LogP contribution in [0.4, 0.5) is 0 Å². The van der Waals surface area contributed by atoms with Gasteiger partial charge in [-0.2, -0.15) is 0 Å². The number of carbonyl (C=O) groups is 1. The lowest BCUT2D eigenvalue weighted by Crippen LogP contribution is -2.19. The van der Waals surface area contributed by atoms with E-state index in [1.807, 2.05) is 0 Å². The number of rotatable bonds is 4. The molecule has 2 rings (SSSR count). The molecule has 0 saturated heterocycles. The zero-order valence-corrected chi connectivity index (χ0v) is 12.1. The number of primary amides is 1. The molecule has 6 nitrogen and oxygen atoms in total. The fourth-order valence-electron chi connectivity index (χ4n) is 1.83. The molecule has 4 N–H and O–H groups in total. The molecule has 0 spiro atoms. The molecular formula is C12H12N2O4S2. The molecule has 0 fully saturated rings. The molecule has 0 saturated carbocycles. The summed E-state index contributed by atoms with van der Waals surface area (Å²) in [7, 11) is -2.73. The van der Waals surface area contributed by atoms with Gasteiger partial charge in [-0.15, -0.1) is 0 Å². The number of sulfonamides is 1. The molecule has 2 aromatic rings. The Morgan fingerprint density at radius 2 is 1.85 bits per heavy atom. The minimum Gasteiger partial charge on any atom is -0.487 e. The normalized spacial score (nSPS) is 11.3. The standard InChI is InChI=1S/C12H12N2O4S2/c1-18-12-8(7-5-3-2-4-6-7)10(20(14,16)17)9(19-12)11(13)15/h2-6H,1H3,(H2,13,15)(H2,14,16,17). The van der Waals surface area contributed by atoms with E-state index in [4.69, 9.17) is 15.6 Å². The molecule has 20 heavy (non-hydrogen) atoms. The molecule has 0 aliphatic heterocycles. The number of methoxy groups -OCH3 is 1. The Morgan fingerprint density at radius 3 is 2.30 bits per heavy atom. The Balaban J connectivity index is 2.88. The van der Waals surface area contributed by atoms with E-state index in [0.717, 1.165) is 11.3 Å². The van der Waals surface area contributed by atoms with Gasteiger partial charge in [-0.1, -0.05) is 41.7 Å². The van der Waals surface area contributed by atoms with E-state index in [0.29, 0.717) is 5.56 Å². The van der Waals surface area contributed by atoms with Crippen molar-refractivity contribution in [1.82, 2.24) is 0 Å². The molecule has 1 aromatic carbocycles. The minimum absolute atomic E-state index is 0.136. The van der Waals surface area contributed by atoms with Crippen molar-refractivity contribution < 1.29 is 17.9 Å². The van der Waals surface area contributed by atoms with Gasteiger partial charge in [0.05, 0.1) is 12.7 Å². The number of hydrogen-bond donors (Lipinski definition) is 2. The first-order valence-corrected chi connectivity index (χ1v) is 7.81. The molecule has 106 valence electrons. The second-order valence-electron chi connectivity index (χ2n) is 3.90. The number of nitrogens with two attached hydrogens (primary N) is 2. The number of ether oxygens (including phenoxy) is 1. The third-order valence-corrected chi connectivity index (χ3v) is 4.86. The number of thiophene rings is 1. The van der Waals surface area contributed by atoms with Gasteiger partial charge in [0.2, 0.25) is 10.0 Å². The third-order valence-electron chi connectivity index (χ3n) is 2.59. The quantitative estimate of drug-likeness (QED) is 0.882. The molecular weight excluding hydrogens is 300 g/mol. The summed E-state index contributed by atoms with van der Waals surface area (Å²) in [5.74, 6) is -0.862. The van der Waals surface area contributed by atoms with Crippen LogP contribution < -0.4 is 15.6 Å². The van der Waals surface area contributed by atoms with E-state index in [-0.39, 0.29) is 20.4 Å². The highest BCUT2D eigenvalue weighted by Crippen LogP contribution is 2.44. The van der Waals surface area contributed by atoms with Crippen molar-refractivity contribution >= 4 is 27.3 Å². The molecule has 1 heterocycles. The van der Waals surface area contributed by atoms with Crippen LogP contribution in [0.2, 0.25) is 0 Å². The maximum atomic E-state index is 11.8. The summed E-state index contributed by atoms with van der Waals surface area (Å²) in [6.07, 6.45) is 0. The van der Waals surface area contributed by atoms with Crippen molar-refractivity contribution in [2.24, 2.45) is 10.9 Å². The Bertz CT molecular complexity index is 751. The van der Waals surface area contributed by atoms with Crippen LogP contribution in [-0.4, -0.2) is 21.4 Å². The first-order chi connectivity index (χ1) is 9.36. The lowest BCUT2D eigenvalue weighted by atomic mass is 10.1. The largest absolute Gasteiger partial charge is 0.487 e. The summed E-state index contributed by atoms with van der Waals surface area (Å²) < 4.78 is 28.8. The molecule has 0 aliphatic carbocycles. The first-order valence-electron chi connectivity index (χ1n) is 5.45. The summed E-state index contributed by atoms with van der Waals surface area (Å²) in [5.41, 5.74) is 6.06. The second-order valence-corrected chi connectivity index (χ2v) is 6.38. The van der Waals surface area contributed by atoms with Crippen LogP contribution in [0.15, 0.2) is 35.2 Å². The predicted molar refractivity (Wildman–Crippen MR) is 76.2 cm³/mol. The monoisotopic (exact) mass is 312 g/mol. The summed E-state index contributed by atoms with van der Waals surface area (Å²) >= 11 is 0.860. The highest BCUT2D eigenvalue weighted by atomic mass is 32.2. The molecule has 8 heteroatoms. The van der Waals surface area contributed by atoms with Gasteiger partial charge in [-0.05, 0) is 5.56 Å². The van der Waals surface area contributed by atoms with Gasteiger partial charge in [0, 0.05) is 0 Å². The maximum absolute atomic E-state index is 11.8. The average Bonchev–Trinajstić information content (AvgIpc) is 2.79. The van der Waals surface area contributed by atoms with E-state index in [2.05, 4.69) is 0 Å². The van der Waals surface area contributed by atoms with Crippen LogP contribution in [0.1, 0.15) is 9.67 Å². The fourth-order valence-corrected chi connectivity index (χ4v) is 4.11. The van der Waals surface area contributed by atoms with E-state index >= 15 is 0 Å². The van der Waals surface area contributed by atoms with Crippen LogP contribution in [0.3, 0.4) is 0 Å². The van der Waals surface area contributed by atoms with Gasteiger partial charge in [0.25, 0.3) is 5.91 Å². The van der Waals surface area contributed by atoms with E-state index < -0.39 is 15.9 Å². The molecule has 0 radical (unpaired) electrons. The summed E-state index contributed by atoms with van der Waals surface area (Å²) in [4.78, 5) is 11.0. The Morgan fingerprint density at radius 1 is 1.25 bits per heavy atom. The molecule has 1 aromatic heterocycles. The zero-order chi connectivity index (χ0) is 14.9. The smallest absolute Gasteiger partial charge is 0.260 e. The van der Waals surface area contributed by atoms with Crippen LogP contribution in [0.5, 0.6) is 5.06 Å². The molecule has 0 bridgehead atoms. The van der Waals surface area contributed by atoms with Crippen molar-refractivity contribution in [3.8, 4) is 16.2 Å². The number of primary sulfonamides is 1. The number of hydrogen-bond acceptors (Lipinski definition) is 5. The van der Waals surface area contributed by atoms with Gasteiger partial charge < -0.3 is 10.5 Å². The van der Waals surface area contributed by atoms with Crippen molar-refractivity contribution in [1.29, 1.82) is 0 Å². The van der Waals surface area contributed by atoms with Crippen LogP contribution in [-0.2, 0) is 10.0 Å². The van der Waals surface area contributed by atoms with Crippen molar-refractivity contribution in [2.75, 3.05) is 7.11 Å². The fraction of sp³-hybridized carbons (Fsp3) is 0.0833. The number of amides is 1. The van der Waals surface area contributed by atoms with Crippen molar-refractivity contribution in [3.05, 3.63) is 35.2 Å². The topological polar surface area (TPSA) is 112 Å². The molecule has 0 unspecified atom stereocenters.